The summed E-state index contributed by atoms with van der Waals surface area (Å²) in [7, 11) is 1.97. The van der Waals surface area contributed by atoms with Gasteiger partial charge in [-0.05, 0) is 56.5 Å². The van der Waals surface area contributed by atoms with Crippen LogP contribution in [0.3, 0.4) is 0 Å². The Hall–Kier alpha value is -2.09. The van der Waals surface area contributed by atoms with Crippen molar-refractivity contribution in [2.24, 2.45) is 0 Å². The van der Waals surface area contributed by atoms with Gasteiger partial charge in [0.15, 0.2) is 5.78 Å². The average molecular weight is 281 g/mol. The second-order valence-corrected chi connectivity index (χ2v) is 5.94. The molecule has 0 atom stereocenters. The van der Waals surface area contributed by atoms with Gasteiger partial charge in [0.2, 0.25) is 0 Å². The number of aryl methyl sites for hydroxylation is 4. The highest BCUT2D eigenvalue weighted by Crippen LogP contribution is 2.19. The molecule has 0 aromatic heterocycles. The van der Waals surface area contributed by atoms with E-state index in [1.54, 1.807) is 0 Å². The van der Waals surface area contributed by atoms with Crippen LogP contribution >= 0.6 is 0 Å². The van der Waals surface area contributed by atoms with Crippen LogP contribution in [0.1, 0.15) is 32.6 Å². The van der Waals surface area contributed by atoms with E-state index in [1.165, 1.54) is 16.7 Å². The number of anilines is 1. The average Bonchev–Trinajstić information content (AvgIpc) is 2.37. The van der Waals surface area contributed by atoms with E-state index in [2.05, 4.69) is 38.1 Å². The number of Topliss-reactive ketones (excluding diaryl/α,β-unsaturated/α-hetero) is 1. The molecule has 0 aliphatic heterocycles. The SMILES string of the molecule is Cc1cc(C)cc(N(C)CC(=O)c2ccc(C)cc2C)c1. The summed E-state index contributed by atoms with van der Waals surface area (Å²) in [6, 6.07) is 12.4. The molecule has 0 unspecified atom stereocenters. The summed E-state index contributed by atoms with van der Waals surface area (Å²) >= 11 is 0. The Kier molecular flexibility index (Phi) is 4.46. The summed E-state index contributed by atoms with van der Waals surface area (Å²) in [5.74, 6) is 0.161. The molecule has 0 aliphatic rings. The zero-order chi connectivity index (χ0) is 15.6. The van der Waals surface area contributed by atoms with Gasteiger partial charge in [-0.2, -0.15) is 0 Å². The summed E-state index contributed by atoms with van der Waals surface area (Å²) < 4.78 is 0. The van der Waals surface area contributed by atoms with Crippen molar-refractivity contribution < 1.29 is 4.79 Å². The Morgan fingerprint density at radius 2 is 1.52 bits per heavy atom. The summed E-state index contributed by atoms with van der Waals surface area (Å²) in [6.45, 7) is 8.60. The predicted molar refractivity (Wildman–Crippen MR) is 89.4 cm³/mol. The molecule has 0 aliphatic carbocycles. The first-order valence-electron chi connectivity index (χ1n) is 7.26. The number of hydrogen-bond acceptors (Lipinski definition) is 2. The molecule has 0 fully saturated rings. The maximum atomic E-state index is 12.5. The monoisotopic (exact) mass is 281 g/mol. The predicted octanol–water partition coefficient (Wildman–Crippen LogP) is 4.24. The van der Waals surface area contributed by atoms with Gasteiger partial charge in [0.05, 0.1) is 6.54 Å². The van der Waals surface area contributed by atoms with Crippen LogP contribution in [0.5, 0.6) is 0 Å². The number of benzene rings is 2. The first kappa shape index (κ1) is 15.3. The lowest BCUT2D eigenvalue weighted by atomic mass is 10.0. The first-order valence-corrected chi connectivity index (χ1v) is 7.26. The Bertz CT molecular complexity index is 653. The van der Waals surface area contributed by atoms with Gasteiger partial charge >= 0.3 is 0 Å². The van der Waals surface area contributed by atoms with Gasteiger partial charge in [-0.15, -0.1) is 0 Å². The summed E-state index contributed by atoms with van der Waals surface area (Å²) in [5.41, 5.74) is 6.58. The van der Waals surface area contributed by atoms with Gasteiger partial charge in [-0.25, -0.2) is 0 Å². The highest BCUT2D eigenvalue weighted by atomic mass is 16.1. The third-order valence-electron chi connectivity index (χ3n) is 3.71. The second kappa shape index (κ2) is 6.13. The molecular weight excluding hydrogens is 258 g/mol. The van der Waals surface area contributed by atoms with E-state index >= 15 is 0 Å². The third kappa shape index (κ3) is 3.72. The molecule has 2 nitrogen and oxygen atoms in total. The van der Waals surface area contributed by atoms with Crippen molar-refractivity contribution in [2.75, 3.05) is 18.5 Å². The summed E-state index contributed by atoms with van der Waals surface area (Å²) in [4.78, 5) is 14.5. The molecule has 0 bridgehead atoms. The molecule has 2 heteroatoms. The van der Waals surface area contributed by atoms with E-state index in [1.807, 2.05) is 37.9 Å². The fourth-order valence-electron chi connectivity index (χ4n) is 2.69. The number of rotatable bonds is 4. The maximum absolute atomic E-state index is 12.5. The topological polar surface area (TPSA) is 20.3 Å². The summed E-state index contributed by atoms with van der Waals surface area (Å²) in [6.07, 6.45) is 0. The van der Waals surface area contributed by atoms with Crippen molar-refractivity contribution in [1.82, 2.24) is 0 Å². The molecule has 0 radical (unpaired) electrons. The van der Waals surface area contributed by atoms with E-state index in [0.717, 1.165) is 16.8 Å². The normalized spacial score (nSPS) is 10.5. The van der Waals surface area contributed by atoms with Gasteiger partial charge in [-0.1, -0.05) is 29.8 Å². The largest absolute Gasteiger partial charge is 0.367 e. The van der Waals surface area contributed by atoms with E-state index < -0.39 is 0 Å². The van der Waals surface area contributed by atoms with Gasteiger partial charge in [0.25, 0.3) is 0 Å². The van der Waals surface area contributed by atoms with E-state index in [-0.39, 0.29) is 5.78 Å². The Balaban J connectivity index is 2.18. The van der Waals surface area contributed by atoms with Crippen LogP contribution < -0.4 is 4.90 Å². The molecule has 0 saturated carbocycles. The number of nitrogens with zero attached hydrogens (tertiary/aromatic N) is 1. The fraction of sp³-hybridized carbons (Fsp3) is 0.316. The van der Waals surface area contributed by atoms with Crippen molar-refractivity contribution in [2.45, 2.75) is 27.7 Å². The standard InChI is InChI=1S/C19H23NO/c1-13-6-7-18(16(4)9-13)19(21)12-20(5)17-10-14(2)8-15(3)11-17/h6-11H,12H2,1-5H3. The molecule has 110 valence electrons. The van der Waals surface area contributed by atoms with Gasteiger partial charge in [0.1, 0.15) is 0 Å². The molecular formula is C19H23NO. The van der Waals surface area contributed by atoms with Gasteiger partial charge < -0.3 is 4.90 Å². The summed E-state index contributed by atoms with van der Waals surface area (Å²) in [5, 5.41) is 0. The molecule has 0 heterocycles. The smallest absolute Gasteiger partial charge is 0.182 e. The first-order chi connectivity index (χ1) is 9.86. The van der Waals surface area contributed by atoms with Crippen LogP contribution in [-0.2, 0) is 0 Å². The molecule has 21 heavy (non-hydrogen) atoms. The Morgan fingerprint density at radius 3 is 2.10 bits per heavy atom. The van der Waals surface area contributed by atoms with E-state index in [9.17, 15) is 4.79 Å². The van der Waals surface area contributed by atoms with Crippen LogP contribution in [0, 0.1) is 27.7 Å². The van der Waals surface area contributed by atoms with Crippen molar-refractivity contribution in [3.63, 3.8) is 0 Å². The van der Waals surface area contributed by atoms with Gasteiger partial charge in [0, 0.05) is 18.3 Å². The van der Waals surface area contributed by atoms with Crippen molar-refractivity contribution in [3.8, 4) is 0 Å². The lowest BCUT2D eigenvalue weighted by molar-refractivity contribution is 0.1000. The molecule has 2 rings (SSSR count). The number of likely N-dealkylation sites (N-methyl/N-ethyl adjacent to an activating group) is 1. The van der Waals surface area contributed by atoms with Crippen LogP contribution in [0.15, 0.2) is 36.4 Å². The molecule has 0 spiro atoms. The molecule has 0 amide bonds. The molecule has 0 N–H and O–H groups in total. The minimum absolute atomic E-state index is 0.161. The van der Waals surface area contributed by atoms with Crippen LogP contribution in [0.4, 0.5) is 5.69 Å². The zero-order valence-electron chi connectivity index (χ0n) is 13.5. The third-order valence-corrected chi connectivity index (χ3v) is 3.71. The highest BCUT2D eigenvalue weighted by molar-refractivity contribution is 6.00. The number of carbonyl (C=O) groups is 1. The van der Waals surface area contributed by atoms with E-state index in [0.29, 0.717) is 6.54 Å². The molecule has 0 saturated heterocycles. The van der Waals surface area contributed by atoms with Crippen molar-refractivity contribution in [3.05, 3.63) is 64.2 Å². The van der Waals surface area contributed by atoms with E-state index in [4.69, 9.17) is 0 Å². The maximum Gasteiger partial charge on any atom is 0.182 e. The number of hydrogen-bond donors (Lipinski definition) is 0. The number of carbonyl (C=O) groups excluding carboxylic acids is 1. The van der Waals surface area contributed by atoms with Crippen LogP contribution in [0.2, 0.25) is 0 Å². The highest BCUT2D eigenvalue weighted by Gasteiger charge is 2.12. The zero-order valence-corrected chi connectivity index (χ0v) is 13.5. The number of ketones is 1. The lowest BCUT2D eigenvalue weighted by Crippen LogP contribution is -2.26. The van der Waals surface area contributed by atoms with Crippen LogP contribution in [0.25, 0.3) is 0 Å². The van der Waals surface area contributed by atoms with Crippen molar-refractivity contribution >= 4 is 11.5 Å². The molecule has 2 aromatic carbocycles. The van der Waals surface area contributed by atoms with Crippen LogP contribution in [-0.4, -0.2) is 19.4 Å². The van der Waals surface area contributed by atoms with Crippen molar-refractivity contribution in [1.29, 1.82) is 0 Å². The lowest BCUT2D eigenvalue weighted by Gasteiger charge is -2.20. The minimum atomic E-state index is 0.161. The fourth-order valence-corrected chi connectivity index (χ4v) is 2.69. The van der Waals surface area contributed by atoms with Gasteiger partial charge in [-0.3, -0.25) is 4.79 Å². The second-order valence-electron chi connectivity index (χ2n) is 5.94. The molecule has 2 aromatic rings. The Labute approximate surface area is 127 Å². The Morgan fingerprint density at radius 1 is 0.905 bits per heavy atom. The minimum Gasteiger partial charge on any atom is -0.367 e. The quantitative estimate of drug-likeness (QED) is 0.781.